The van der Waals surface area contributed by atoms with Gasteiger partial charge < -0.3 is 30.3 Å². The number of carbonyl (C=O) groups excluding carboxylic acids is 4. The number of aromatic hydroxyl groups is 1. The van der Waals surface area contributed by atoms with Crippen LogP contribution in [0.15, 0.2) is 48.7 Å². The molecule has 11 heteroatoms. The number of amides is 2. The van der Waals surface area contributed by atoms with Crippen molar-refractivity contribution in [3.05, 3.63) is 59.9 Å². The largest absolute Gasteiger partial charge is 0.505 e. The zero-order valence-electron chi connectivity index (χ0n) is 21.1. The maximum atomic E-state index is 13.5. The number of cyclic esters (lactones) is 2. The predicted octanol–water partition coefficient (Wildman–Crippen LogP) is 0.877. The van der Waals surface area contributed by atoms with Crippen LogP contribution in [0.25, 0.3) is 0 Å². The second-order valence-corrected chi connectivity index (χ2v) is 9.74. The van der Waals surface area contributed by atoms with Crippen LogP contribution in [0.4, 0.5) is 0 Å². The topological polar surface area (TPSA) is 164 Å². The van der Waals surface area contributed by atoms with E-state index in [9.17, 15) is 29.4 Å². The van der Waals surface area contributed by atoms with Crippen molar-refractivity contribution in [1.29, 1.82) is 0 Å². The van der Waals surface area contributed by atoms with E-state index in [1.807, 2.05) is 18.2 Å². The Morgan fingerprint density at radius 3 is 2.42 bits per heavy atom. The number of hydrogen-bond acceptors (Lipinski definition) is 9. The summed E-state index contributed by atoms with van der Waals surface area (Å²) in [5.41, 5.74) is 0.475. The SMILES string of the molecule is CC1OC(=O)C(C2CC2)OC(=O)C(C)C(O)C(Cc2ccccc2)NC(=O)C1NC(=O)c1ncccc1O. The number of aromatic nitrogens is 1. The fraction of sp³-hybridized carbons (Fsp3) is 0.444. The summed E-state index contributed by atoms with van der Waals surface area (Å²) in [5.74, 6) is -4.93. The molecule has 2 aliphatic rings. The number of carbonyl (C=O) groups is 4. The molecule has 1 aliphatic heterocycles. The maximum Gasteiger partial charge on any atom is 0.348 e. The van der Waals surface area contributed by atoms with Crippen LogP contribution < -0.4 is 10.6 Å². The van der Waals surface area contributed by atoms with Gasteiger partial charge in [0, 0.05) is 12.1 Å². The fourth-order valence-electron chi connectivity index (χ4n) is 4.35. The van der Waals surface area contributed by atoms with Gasteiger partial charge >= 0.3 is 11.9 Å². The standard InChI is InChI=1S/C27H31N3O8/c1-14-22(32)18(13-16-7-4-3-5-8-16)29-24(33)20(30-25(34)21-19(31)9-6-12-28-21)15(2)37-27(36)23(17-10-11-17)38-26(14)35/h3-9,12,14-15,17-18,20,22-23,31-32H,10-11,13H2,1-2H3,(H,29,33)(H,30,34). The smallest absolute Gasteiger partial charge is 0.348 e. The Morgan fingerprint density at radius 2 is 1.76 bits per heavy atom. The number of aliphatic hydroxyl groups is 1. The normalized spacial score (nSPS) is 28.7. The van der Waals surface area contributed by atoms with Crippen molar-refractivity contribution >= 4 is 23.8 Å². The van der Waals surface area contributed by atoms with Crippen molar-refractivity contribution in [1.82, 2.24) is 15.6 Å². The Labute approximate surface area is 219 Å². The third-order valence-corrected chi connectivity index (χ3v) is 6.79. The number of nitrogens with one attached hydrogen (secondary N) is 2. The minimum Gasteiger partial charge on any atom is -0.505 e. The van der Waals surface area contributed by atoms with Gasteiger partial charge in [-0.25, -0.2) is 9.78 Å². The highest BCUT2D eigenvalue weighted by molar-refractivity contribution is 5.98. The molecule has 2 fully saturated rings. The lowest BCUT2D eigenvalue weighted by atomic mass is 9.92. The first-order valence-corrected chi connectivity index (χ1v) is 12.5. The molecule has 2 amide bonds. The van der Waals surface area contributed by atoms with Gasteiger partial charge in [-0.3, -0.25) is 14.4 Å². The van der Waals surface area contributed by atoms with E-state index >= 15 is 0 Å². The number of hydrogen-bond donors (Lipinski definition) is 4. The lowest BCUT2D eigenvalue weighted by molar-refractivity contribution is -0.178. The van der Waals surface area contributed by atoms with Gasteiger partial charge in [0.25, 0.3) is 5.91 Å². The van der Waals surface area contributed by atoms with Crippen molar-refractivity contribution in [2.45, 2.75) is 63.5 Å². The van der Waals surface area contributed by atoms with E-state index in [0.717, 1.165) is 5.56 Å². The van der Waals surface area contributed by atoms with Crippen LogP contribution in [0.5, 0.6) is 5.75 Å². The Balaban J connectivity index is 1.66. The second kappa shape index (κ2) is 11.6. The first-order valence-electron chi connectivity index (χ1n) is 12.5. The third kappa shape index (κ3) is 6.28. The highest BCUT2D eigenvalue weighted by Crippen LogP contribution is 2.36. The molecule has 6 unspecified atom stereocenters. The Bertz CT molecular complexity index is 1190. The van der Waals surface area contributed by atoms with Gasteiger partial charge in [-0.05, 0) is 50.8 Å². The highest BCUT2D eigenvalue weighted by Gasteiger charge is 2.45. The number of aliphatic hydroxyl groups excluding tert-OH is 1. The first kappa shape index (κ1) is 27.1. The lowest BCUT2D eigenvalue weighted by Gasteiger charge is -2.33. The number of pyridine rings is 1. The quantitative estimate of drug-likeness (QED) is 0.415. The predicted molar refractivity (Wildman–Crippen MR) is 133 cm³/mol. The molecular formula is C27H31N3O8. The van der Waals surface area contributed by atoms with Crippen molar-refractivity contribution in [2.75, 3.05) is 0 Å². The molecule has 1 saturated heterocycles. The first-order chi connectivity index (χ1) is 18.2. The van der Waals surface area contributed by atoms with E-state index in [2.05, 4.69) is 15.6 Å². The summed E-state index contributed by atoms with van der Waals surface area (Å²) in [7, 11) is 0. The van der Waals surface area contributed by atoms with Gasteiger partial charge in [0.15, 0.2) is 5.69 Å². The summed E-state index contributed by atoms with van der Waals surface area (Å²) >= 11 is 0. The van der Waals surface area contributed by atoms with Crippen LogP contribution in [-0.2, 0) is 30.3 Å². The zero-order chi connectivity index (χ0) is 27.4. The van der Waals surface area contributed by atoms with Crippen molar-refractivity contribution in [2.24, 2.45) is 11.8 Å². The molecule has 4 rings (SSSR count). The molecule has 6 atom stereocenters. The summed E-state index contributed by atoms with van der Waals surface area (Å²) in [6, 6.07) is 9.42. The number of rotatable bonds is 5. The number of ether oxygens (including phenoxy) is 2. The minimum atomic E-state index is -1.41. The average molecular weight is 526 g/mol. The second-order valence-electron chi connectivity index (χ2n) is 9.74. The van der Waals surface area contributed by atoms with Crippen LogP contribution in [0.1, 0.15) is 42.7 Å². The van der Waals surface area contributed by atoms with E-state index in [4.69, 9.17) is 9.47 Å². The van der Waals surface area contributed by atoms with E-state index in [0.29, 0.717) is 12.8 Å². The molecule has 4 N–H and O–H groups in total. The van der Waals surface area contributed by atoms with Gasteiger partial charge in [0.05, 0.1) is 18.1 Å². The Hall–Kier alpha value is -3.99. The molecule has 2 aromatic rings. The third-order valence-electron chi connectivity index (χ3n) is 6.79. The number of nitrogens with zero attached hydrogens (tertiary/aromatic N) is 1. The number of esters is 2. The molecule has 1 saturated carbocycles. The van der Waals surface area contributed by atoms with Crippen LogP contribution in [-0.4, -0.2) is 69.3 Å². The van der Waals surface area contributed by atoms with Gasteiger partial charge in [0.2, 0.25) is 12.0 Å². The molecule has 1 aliphatic carbocycles. The van der Waals surface area contributed by atoms with Gasteiger partial charge in [-0.1, -0.05) is 30.3 Å². The summed E-state index contributed by atoms with van der Waals surface area (Å²) in [6.07, 6.45) is -0.944. The molecule has 1 aromatic heterocycles. The zero-order valence-corrected chi connectivity index (χ0v) is 21.1. The van der Waals surface area contributed by atoms with Crippen LogP contribution >= 0.6 is 0 Å². The average Bonchev–Trinajstić information content (AvgIpc) is 3.74. The van der Waals surface area contributed by atoms with Crippen molar-refractivity contribution in [3.8, 4) is 5.75 Å². The van der Waals surface area contributed by atoms with Crippen LogP contribution in [0.3, 0.4) is 0 Å². The molecule has 38 heavy (non-hydrogen) atoms. The van der Waals surface area contributed by atoms with Gasteiger partial charge in [-0.2, -0.15) is 0 Å². The molecule has 0 spiro atoms. The number of benzene rings is 1. The van der Waals surface area contributed by atoms with Crippen LogP contribution in [0, 0.1) is 11.8 Å². The van der Waals surface area contributed by atoms with E-state index in [-0.39, 0.29) is 18.0 Å². The minimum absolute atomic E-state index is 0.174. The van der Waals surface area contributed by atoms with E-state index < -0.39 is 65.8 Å². The maximum absolute atomic E-state index is 13.5. The Morgan fingerprint density at radius 1 is 1.05 bits per heavy atom. The molecule has 1 aromatic carbocycles. The molecule has 11 nitrogen and oxygen atoms in total. The molecular weight excluding hydrogens is 494 g/mol. The molecule has 0 bridgehead atoms. The summed E-state index contributed by atoms with van der Waals surface area (Å²) in [5, 5.41) is 26.4. The summed E-state index contributed by atoms with van der Waals surface area (Å²) in [6.45, 7) is 2.88. The summed E-state index contributed by atoms with van der Waals surface area (Å²) < 4.78 is 11.0. The van der Waals surface area contributed by atoms with Crippen LogP contribution in [0.2, 0.25) is 0 Å². The van der Waals surface area contributed by atoms with E-state index in [1.165, 1.54) is 32.2 Å². The van der Waals surface area contributed by atoms with E-state index in [1.54, 1.807) is 12.1 Å². The Kier molecular flexibility index (Phi) is 8.26. The molecule has 0 radical (unpaired) electrons. The molecule has 202 valence electrons. The van der Waals surface area contributed by atoms with Gasteiger partial charge in [0.1, 0.15) is 17.9 Å². The highest BCUT2D eigenvalue weighted by atomic mass is 16.6. The monoisotopic (exact) mass is 525 g/mol. The molecule has 2 heterocycles. The van der Waals surface area contributed by atoms with Gasteiger partial charge in [-0.15, -0.1) is 0 Å². The lowest BCUT2D eigenvalue weighted by Crippen LogP contribution is -2.59. The van der Waals surface area contributed by atoms with Crippen molar-refractivity contribution < 1.29 is 38.9 Å². The fourth-order valence-corrected chi connectivity index (χ4v) is 4.35. The van der Waals surface area contributed by atoms with Crippen molar-refractivity contribution in [3.63, 3.8) is 0 Å². The summed E-state index contributed by atoms with van der Waals surface area (Å²) in [4.78, 5) is 56.2.